The van der Waals surface area contributed by atoms with Gasteiger partial charge in [-0.15, -0.1) is 0 Å². The SMILES string of the molecule is CCCCCOCc1cc(Cl)ccc1Cl. The number of hydrogen-bond acceptors (Lipinski definition) is 1. The third-order valence-electron chi connectivity index (χ3n) is 2.16. The van der Waals surface area contributed by atoms with Crippen LogP contribution in [-0.4, -0.2) is 6.61 Å². The molecule has 1 rings (SSSR count). The fourth-order valence-electron chi connectivity index (χ4n) is 1.29. The number of benzene rings is 1. The number of halogens is 2. The monoisotopic (exact) mass is 246 g/mol. The Bertz CT molecular complexity index is 300. The second-order valence-electron chi connectivity index (χ2n) is 3.50. The van der Waals surface area contributed by atoms with Gasteiger partial charge in [-0.1, -0.05) is 43.0 Å². The Morgan fingerprint density at radius 2 is 2.00 bits per heavy atom. The first kappa shape index (κ1) is 12.8. The van der Waals surface area contributed by atoms with E-state index in [-0.39, 0.29) is 0 Å². The highest BCUT2D eigenvalue weighted by atomic mass is 35.5. The van der Waals surface area contributed by atoms with Gasteiger partial charge in [-0.2, -0.15) is 0 Å². The van der Waals surface area contributed by atoms with E-state index in [0.717, 1.165) is 23.6 Å². The van der Waals surface area contributed by atoms with Gasteiger partial charge in [0.1, 0.15) is 0 Å². The Labute approximate surface area is 101 Å². The molecule has 0 aliphatic carbocycles. The molecule has 1 aromatic rings. The molecule has 0 unspecified atom stereocenters. The molecule has 1 aromatic carbocycles. The van der Waals surface area contributed by atoms with E-state index in [2.05, 4.69) is 6.92 Å². The summed E-state index contributed by atoms with van der Waals surface area (Å²) in [7, 11) is 0. The Morgan fingerprint density at radius 3 is 2.73 bits per heavy atom. The minimum absolute atomic E-state index is 0.545. The Hall–Kier alpha value is -0.240. The van der Waals surface area contributed by atoms with Crippen molar-refractivity contribution in [1.29, 1.82) is 0 Å². The van der Waals surface area contributed by atoms with E-state index in [1.54, 1.807) is 12.1 Å². The number of hydrogen-bond donors (Lipinski definition) is 0. The van der Waals surface area contributed by atoms with Crippen LogP contribution in [0.15, 0.2) is 18.2 Å². The summed E-state index contributed by atoms with van der Waals surface area (Å²) in [5.41, 5.74) is 0.959. The van der Waals surface area contributed by atoms with Crippen LogP contribution in [0.1, 0.15) is 31.7 Å². The predicted molar refractivity (Wildman–Crippen MR) is 65.6 cm³/mol. The van der Waals surface area contributed by atoms with Gasteiger partial charge in [-0.3, -0.25) is 0 Å². The summed E-state index contributed by atoms with van der Waals surface area (Å²) in [5.74, 6) is 0. The molecule has 0 atom stereocenters. The summed E-state index contributed by atoms with van der Waals surface area (Å²) in [6.45, 7) is 3.51. The smallest absolute Gasteiger partial charge is 0.0731 e. The fraction of sp³-hybridized carbons (Fsp3) is 0.500. The van der Waals surface area contributed by atoms with Crippen LogP contribution in [-0.2, 0) is 11.3 Å². The molecule has 0 N–H and O–H groups in total. The van der Waals surface area contributed by atoms with Crippen LogP contribution in [0.5, 0.6) is 0 Å². The third-order valence-corrected chi connectivity index (χ3v) is 2.76. The van der Waals surface area contributed by atoms with Gasteiger partial charge in [0.05, 0.1) is 6.61 Å². The van der Waals surface area contributed by atoms with E-state index in [9.17, 15) is 0 Å². The summed E-state index contributed by atoms with van der Waals surface area (Å²) in [6, 6.07) is 5.43. The van der Waals surface area contributed by atoms with Crippen molar-refractivity contribution in [2.75, 3.05) is 6.61 Å². The zero-order valence-corrected chi connectivity index (χ0v) is 10.4. The maximum absolute atomic E-state index is 6.00. The molecule has 0 saturated carbocycles. The van der Waals surface area contributed by atoms with Crippen LogP contribution >= 0.6 is 23.2 Å². The molecule has 0 aromatic heterocycles. The van der Waals surface area contributed by atoms with Crippen molar-refractivity contribution in [3.63, 3.8) is 0 Å². The van der Waals surface area contributed by atoms with Gasteiger partial charge in [0.2, 0.25) is 0 Å². The van der Waals surface area contributed by atoms with Crippen LogP contribution < -0.4 is 0 Å². The zero-order chi connectivity index (χ0) is 11.1. The van der Waals surface area contributed by atoms with Crippen molar-refractivity contribution >= 4 is 23.2 Å². The minimum Gasteiger partial charge on any atom is -0.377 e. The molecule has 0 amide bonds. The lowest BCUT2D eigenvalue weighted by molar-refractivity contribution is 0.117. The second kappa shape index (κ2) is 7.10. The molecule has 3 heteroatoms. The van der Waals surface area contributed by atoms with E-state index in [0.29, 0.717) is 11.6 Å². The number of unbranched alkanes of at least 4 members (excludes halogenated alkanes) is 2. The molecule has 0 spiro atoms. The van der Waals surface area contributed by atoms with Gasteiger partial charge in [0, 0.05) is 16.7 Å². The first-order valence-electron chi connectivity index (χ1n) is 5.25. The van der Waals surface area contributed by atoms with Gasteiger partial charge in [-0.25, -0.2) is 0 Å². The van der Waals surface area contributed by atoms with Crippen molar-refractivity contribution in [3.05, 3.63) is 33.8 Å². The van der Waals surface area contributed by atoms with Crippen molar-refractivity contribution in [3.8, 4) is 0 Å². The van der Waals surface area contributed by atoms with E-state index in [4.69, 9.17) is 27.9 Å². The van der Waals surface area contributed by atoms with E-state index in [1.165, 1.54) is 12.8 Å². The first-order chi connectivity index (χ1) is 7.24. The van der Waals surface area contributed by atoms with Crippen molar-refractivity contribution in [1.82, 2.24) is 0 Å². The summed E-state index contributed by atoms with van der Waals surface area (Å²) in [5, 5.41) is 1.42. The lowest BCUT2D eigenvalue weighted by Crippen LogP contribution is -1.96. The molecular formula is C12H16Cl2O. The van der Waals surface area contributed by atoms with Crippen LogP contribution in [0.3, 0.4) is 0 Å². The van der Waals surface area contributed by atoms with Crippen molar-refractivity contribution < 1.29 is 4.74 Å². The highest BCUT2D eigenvalue weighted by molar-refractivity contribution is 6.33. The van der Waals surface area contributed by atoms with E-state index in [1.807, 2.05) is 6.07 Å². The molecular weight excluding hydrogens is 231 g/mol. The van der Waals surface area contributed by atoms with Crippen LogP contribution in [0.4, 0.5) is 0 Å². The Kier molecular flexibility index (Phi) is 6.07. The molecule has 0 saturated heterocycles. The van der Waals surface area contributed by atoms with Gasteiger partial charge in [-0.05, 0) is 30.2 Å². The average molecular weight is 247 g/mol. The highest BCUT2D eigenvalue weighted by Gasteiger charge is 2.01. The van der Waals surface area contributed by atoms with Gasteiger partial charge in [0.25, 0.3) is 0 Å². The predicted octanol–water partition coefficient (Wildman–Crippen LogP) is 4.70. The molecule has 0 radical (unpaired) electrons. The van der Waals surface area contributed by atoms with Crippen molar-refractivity contribution in [2.45, 2.75) is 32.8 Å². The molecule has 84 valence electrons. The van der Waals surface area contributed by atoms with Crippen LogP contribution in [0.2, 0.25) is 10.0 Å². The number of ether oxygens (including phenoxy) is 1. The molecule has 0 aliphatic rings. The fourth-order valence-corrected chi connectivity index (χ4v) is 1.66. The average Bonchev–Trinajstić information content (AvgIpc) is 2.23. The molecule has 1 nitrogen and oxygen atoms in total. The van der Waals surface area contributed by atoms with Crippen molar-refractivity contribution in [2.24, 2.45) is 0 Å². The maximum atomic E-state index is 6.00. The van der Waals surface area contributed by atoms with Crippen LogP contribution in [0.25, 0.3) is 0 Å². The Balaban J connectivity index is 2.33. The quantitative estimate of drug-likeness (QED) is 0.662. The van der Waals surface area contributed by atoms with Crippen LogP contribution in [0, 0.1) is 0 Å². The van der Waals surface area contributed by atoms with Gasteiger partial charge >= 0.3 is 0 Å². The zero-order valence-electron chi connectivity index (χ0n) is 8.93. The molecule has 15 heavy (non-hydrogen) atoms. The maximum Gasteiger partial charge on any atom is 0.0731 e. The third kappa shape index (κ3) is 4.87. The van der Waals surface area contributed by atoms with E-state index >= 15 is 0 Å². The molecule has 0 bridgehead atoms. The summed E-state index contributed by atoms with van der Waals surface area (Å²) < 4.78 is 5.51. The molecule has 0 fully saturated rings. The molecule has 0 heterocycles. The standard InChI is InChI=1S/C12H16Cl2O/c1-2-3-4-7-15-9-10-8-11(13)5-6-12(10)14/h5-6,8H,2-4,7,9H2,1H3. The highest BCUT2D eigenvalue weighted by Crippen LogP contribution is 2.21. The normalized spacial score (nSPS) is 10.6. The lowest BCUT2D eigenvalue weighted by atomic mass is 10.2. The minimum atomic E-state index is 0.545. The lowest BCUT2D eigenvalue weighted by Gasteiger charge is -2.06. The largest absolute Gasteiger partial charge is 0.377 e. The topological polar surface area (TPSA) is 9.23 Å². The number of rotatable bonds is 6. The van der Waals surface area contributed by atoms with Gasteiger partial charge in [0.15, 0.2) is 0 Å². The summed E-state index contributed by atoms with van der Waals surface area (Å²) >= 11 is 11.9. The summed E-state index contributed by atoms with van der Waals surface area (Å²) in [6.07, 6.45) is 3.53. The van der Waals surface area contributed by atoms with E-state index < -0.39 is 0 Å². The first-order valence-corrected chi connectivity index (χ1v) is 6.01. The summed E-state index contributed by atoms with van der Waals surface area (Å²) in [4.78, 5) is 0. The Morgan fingerprint density at radius 1 is 1.20 bits per heavy atom. The second-order valence-corrected chi connectivity index (χ2v) is 4.34. The van der Waals surface area contributed by atoms with Gasteiger partial charge < -0.3 is 4.74 Å². The molecule has 0 aliphatic heterocycles.